The van der Waals surface area contributed by atoms with Crippen molar-refractivity contribution >= 4 is 0 Å². The molecule has 2 unspecified atom stereocenters. The minimum absolute atomic E-state index is 0.351. The highest BCUT2D eigenvalue weighted by molar-refractivity contribution is 4.85. The number of nitrogens with zero attached hydrogens (tertiary/aromatic N) is 1. The van der Waals surface area contributed by atoms with Crippen LogP contribution in [0.15, 0.2) is 0 Å². The van der Waals surface area contributed by atoms with Gasteiger partial charge < -0.3 is 0 Å². The van der Waals surface area contributed by atoms with Gasteiger partial charge in [0.05, 0.1) is 0 Å². The van der Waals surface area contributed by atoms with Gasteiger partial charge in [0.15, 0.2) is 0 Å². The van der Waals surface area contributed by atoms with Crippen LogP contribution in [0.25, 0.3) is 0 Å². The summed E-state index contributed by atoms with van der Waals surface area (Å²) in [6, 6.07) is 0.833. The summed E-state index contributed by atoms with van der Waals surface area (Å²) in [5, 5.41) is 0. The molecule has 1 rings (SSSR count). The highest BCUT2D eigenvalue weighted by Crippen LogP contribution is 2.29. The molecule has 0 aromatic heterocycles. The van der Waals surface area contributed by atoms with Crippen LogP contribution in [-0.2, 0) is 0 Å². The van der Waals surface area contributed by atoms with Gasteiger partial charge in [-0.05, 0) is 58.9 Å². The molecule has 1 heteroatoms. The minimum Gasteiger partial charge on any atom is -0.296 e. The van der Waals surface area contributed by atoms with E-state index in [4.69, 9.17) is 0 Å². The maximum Gasteiger partial charge on any atom is 0.0127 e. The molecule has 0 bridgehead atoms. The minimum atomic E-state index is 0.351. The lowest BCUT2D eigenvalue weighted by molar-refractivity contribution is 0.0789. The van der Waals surface area contributed by atoms with Crippen LogP contribution in [0.5, 0.6) is 0 Å². The smallest absolute Gasteiger partial charge is 0.0127 e. The molecule has 0 saturated carbocycles. The van der Waals surface area contributed by atoms with E-state index in [1.54, 1.807) is 0 Å². The second-order valence-electron chi connectivity index (χ2n) is 6.28. The van der Waals surface area contributed by atoms with Crippen molar-refractivity contribution in [3.05, 3.63) is 0 Å². The first-order valence-electron chi connectivity index (χ1n) is 6.72. The molecule has 15 heavy (non-hydrogen) atoms. The molecule has 1 nitrogen and oxygen atoms in total. The molecular weight excluding hydrogens is 182 g/mol. The standard InChI is InChI=1S/C14H29N/c1-6-7-13-9-8-12(2)10-11-15(13)14(3,4)5/h12-13H,6-11H2,1-5H3. The van der Waals surface area contributed by atoms with Gasteiger partial charge >= 0.3 is 0 Å². The fraction of sp³-hybridized carbons (Fsp3) is 1.00. The highest BCUT2D eigenvalue weighted by Gasteiger charge is 2.30. The Morgan fingerprint density at radius 1 is 1.13 bits per heavy atom. The SMILES string of the molecule is CCCC1CCC(C)CCN1C(C)(C)C. The second kappa shape index (κ2) is 5.34. The Balaban J connectivity index is 2.69. The first-order valence-corrected chi connectivity index (χ1v) is 6.72. The fourth-order valence-electron chi connectivity index (χ4n) is 2.84. The number of rotatable bonds is 2. The summed E-state index contributed by atoms with van der Waals surface area (Å²) in [4.78, 5) is 2.75. The number of hydrogen-bond donors (Lipinski definition) is 0. The predicted octanol–water partition coefficient (Wildman–Crippen LogP) is 4.08. The summed E-state index contributed by atoms with van der Waals surface area (Å²) in [7, 11) is 0. The lowest BCUT2D eigenvalue weighted by Crippen LogP contribution is -2.47. The highest BCUT2D eigenvalue weighted by atomic mass is 15.2. The van der Waals surface area contributed by atoms with E-state index < -0.39 is 0 Å². The third-order valence-electron chi connectivity index (χ3n) is 3.78. The Kier molecular flexibility index (Phi) is 4.64. The molecule has 0 aromatic carbocycles. The van der Waals surface area contributed by atoms with Crippen LogP contribution in [0.3, 0.4) is 0 Å². The van der Waals surface area contributed by atoms with Crippen LogP contribution >= 0.6 is 0 Å². The molecule has 1 aliphatic rings. The van der Waals surface area contributed by atoms with Crippen molar-refractivity contribution in [2.45, 2.75) is 78.3 Å². The Bertz CT molecular complexity index is 180. The van der Waals surface area contributed by atoms with E-state index >= 15 is 0 Å². The first-order chi connectivity index (χ1) is 6.95. The Hall–Kier alpha value is -0.0400. The van der Waals surface area contributed by atoms with Crippen LogP contribution in [-0.4, -0.2) is 23.0 Å². The first kappa shape index (κ1) is 13.0. The average Bonchev–Trinajstić information content (AvgIpc) is 2.28. The Morgan fingerprint density at radius 2 is 1.80 bits per heavy atom. The molecule has 0 aliphatic carbocycles. The van der Waals surface area contributed by atoms with Gasteiger partial charge in [0.25, 0.3) is 0 Å². The zero-order valence-electron chi connectivity index (χ0n) is 11.3. The van der Waals surface area contributed by atoms with Gasteiger partial charge in [-0.25, -0.2) is 0 Å². The van der Waals surface area contributed by atoms with Crippen molar-refractivity contribution in [3.63, 3.8) is 0 Å². The largest absolute Gasteiger partial charge is 0.296 e. The lowest BCUT2D eigenvalue weighted by atomic mass is 9.97. The molecule has 0 amide bonds. The monoisotopic (exact) mass is 211 g/mol. The maximum atomic E-state index is 2.75. The van der Waals surface area contributed by atoms with Crippen LogP contribution in [0.2, 0.25) is 0 Å². The summed E-state index contributed by atoms with van der Waals surface area (Å²) in [5.41, 5.74) is 0.351. The quantitative estimate of drug-likeness (QED) is 0.665. The summed E-state index contributed by atoms with van der Waals surface area (Å²) >= 11 is 0. The van der Waals surface area contributed by atoms with Gasteiger partial charge in [-0.1, -0.05) is 20.3 Å². The second-order valence-corrected chi connectivity index (χ2v) is 6.28. The summed E-state index contributed by atoms with van der Waals surface area (Å²) in [5.74, 6) is 0.928. The van der Waals surface area contributed by atoms with E-state index in [1.165, 1.54) is 38.6 Å². The molecule has 1 fully saturated rings. The van der Waals surface area contributed by atoms with E-state index in [9.17, 15) is 0 Å². The molecule has 0 radical (unpaired) electrons. The van der Waals surface area contributed by atoms with Crippen LogP contribution < -0.4 is 0 Å². The average molecular weight is 211 g/mol. The topological polar surface area (TPSA) is 3.24 Å². The molecule has 1 saturated heterocycles. The van der Waals surface area contributed by atoms with Gasteiger partial charge in [0, 0.05) is 11.6 Å². The van der Waals surface area contributed by atoms with Crippen molar-refractivity contribution in [1.29, 1.82) is 0 Å². The molecular formula is C14H29N. The zero-order valence-corrected chi connectivity index (χ0v) is 11.3. The normalized spacial score (nSPS) is 30.2. The van der Waals surface area contributed by atoms with Crippen LogP contribution in [0.4, 0.5) is 0 Å². The molecule has 0 N–H and O–H groups in total. The van der Waals surface area contributed by atoms with Crippen molar-refractivity contribution in [3.8, 4) is 0 Å². The third kappa shape index (κ3) is 3.79. The third-order valence-corrected chi connectivity index (χ3v) is 3.78. The predicted molar refractivity (Wildman–Crippen MR) is 68.2 cm³/mol. The van der Waals surface area contributed by atoms with Crippen molar-refractivity contribution in [2.75, 3.05) is 6.54 Å². The lowest BCUT2D eigenvalue weighted by Gasteiger charge is -2.41. The van der Waals surface area contributed by atoms with Crippen LogP contribution in [0, 0.1) is 5.92 Å². The Morgan fingerprint density at radius 3 is 2.33 bits per heavy atom. The molecule has 90 valence electrons. The number of likely N-dealkylation sites (tertiary alicyclic amines) is 1. The van der Waals surface area contributed by atoms with Gasteiger partial charge in [-0.2, -0.15) is 0 Å². The van der Waals surface area contributed by atoms with Gasteiger partial charge in [-0.3, -0.25) is 4.90 Å². The van der Waals surface area contributed by atoms with E-state index in [-0.39, 0.29) is 0 Å². The van der Waals surface area contributed by atoms with Crippen molar-refractivity contribution < 1.29 is 0 Å². The fourth-order valence-corrected chi connectivity index (χ4v) is 2.84. The number of hydrogen-bond acceptors (Lipinski definition) is 1. The van der Waals surface area contributed by atoms with E-state index in [0.717, 1.165) is 12.0 Å². The molecule has 0 aromatic rings. The van der Waals surface area contributed by atoms with Gasteiger partial charge in [0.1, 0.15) is 0 Å². The molecule has 1 heterocycles. The molecule has 1 aliphatic heterocycles. The van der Waals surface area contributed by atoms with Crippen molar-refractivity contribution in [1.82, 2.24) is 4.90 Å². The Labute approximate surface area is 96.2 Å². The van der Waals surface area contributed by atoms with E-state index in [0.29, 0.717) is 5.54 Å². The molecule has 0 spiro atoms. The molecule has 2 atom stereocenters. The van der Waals surface area contributed by atoms with Gasteiger partial charge in [0.2, 0.25) is 0 Å². The summed E-state index contributed by atoms with van der Waals surface area (Å²) in [6.45, 7) is 13.1. The van der Waals surface area contributed by atoms with Gasteiger partial charge in [-0.15, -0.1) is 0 Å². The van der Waals surface area contributed by atoms with E-state index in [1.807, 2.05) is 0 Å². The van der Waals surface area contributed by atoms with Crippen molar-refractivity contribution in [2.24, 2.45) is 5.92 Å². The van der Waals surface area contributed by atoms with Crippen LogP contribution in [0.1, 0.15) is 66.7 Å². The van der Waals surface area contributed by atoms with E-state index in [2.05, 4.69) is 39.5 Å². The zero-order chi connectivity index (χ0) is 11.5. The summed E-state index contributed by atoms with van der Waals surface area (Å²) < 4.78 is 0. The summed E-state index contributed by atoms with van der Waals surface area (Å²) in [6.07, 6.45) is 6.93. The maximum absolute atomic E-state index is 2.75.